The molecule has 0 aromatic carbocycles. The molecule has 5 nitrogen and oxygen atoms in total. The highest BCUT2D eigenvalue weighted by molar-refractivity contribution is 5.54. The van der Waals surface area contributed by atoms with Gasteiger partial charge < -0.3 is 24.8 Å². The van der Waals surface area contributed by atoms with Crippen LogP contribution in [0.3, 0.4) is 0 Å². The van der Waals surface area contributed by atoms with Crippen molar-refractivity contribution in [2.24, 2.45) is 0 Å². The molecule has 3 aromatic heterocycles. The van der Waals surface area contributed by atoms with E-state index < -0.39 is 0 Å². The minimum atomic E-state index is 0. The third-order valence-electron chi connectivity index (χ3n) is 4.26. The molecule has 0 fully saturated rings. The summed E-state index contributed by atoms with van der Waals surface area (Å²) in [6.45, 7) is 6.46. The third-order valence-corrected chi connectivity index (χ3v) is 4.26. The minimum Gasteiger partial charge on any atom is -1.00 e. The number of rotatable bonds is 8. The summed E-state index contributed by atoms with van der Waals surface area (Å²) in [5.74, 6) is 2.13. The largest absolute Gasteiger partial charge is 1.00 e. The molecule has 0 saturated carbocycles. The topological polar surface area (TPSA) is 52.2 Å². The fourth-order valence-corrected chi connectivity index (χ4v) is 2.90. The SMILES string of the molecule is CCCC[n+]1cc[nH]c1-c1cccc(-c2[nH]cc[n+]2CCCC)n1.[Cl-].[Cl-]. The van der Waals surface area contributed by atoms with Crippen molar-refractivity contribution in [2.75, 3.05) is 0 Å². The summed E-state index contributed by atoms with van der Waals surface area (Å²) in [7, 11) is 0. The summed E-state index contributed by atoms with van der Waals surface area (Å²) >= 11 is 0. The third kappa shape index (κ3) is 5.08. The molecule has 0 bridgehead atoms. The lowest BCUT2D eigenvalue weighted by molar-refractivity contribution is -0.685. The summed E-state index contributed by atoms with van der Waals surface area (Å²) in [5.41, 5.74) is 1.95. The molecule has 2 N–H and O–H groups in total. The summed E-state index contributed by atoms with van der Waals surface area (Å²) in [6, 6.07) is 6.21. The summed E-state index contributed by atoms with van der Waals surface area (Å²) in [5, 5.41) is 0. The Morgan fingerprint density at radius 3 is 1.69 bits per heavy atom. The highest BCUT2D eigenvalue weighted by Crippen LogP contribution is 2.16. The molecule has 26 heavy (non-hydrogen) atoms. The molecule has 0 aliphatic rings. The molecule has 0 spiro atoms. The number of aromatic nitrogens is 5. The highest BCUT2D eigenvalue weighted by atomic mass is 35.5. The fraction of sp³-hybridized carbons (Fsp3) is 0.421. The Morgan fingerprint density at radius 2 is 1.27 bits per heavy atom. The van der Waals surface area contributed by atoms with Crippen molar-refractivity contribution in [3.05, 3.63) is 43.0 Å². The zero-order chi connectivity index (χ0) is 16.8. The number of hydrogen-bond donors (Lipinski definition) is 2. The predicted molar refractivity (Wildman–Crippen MR) is 94.0 cm³/mol. The van der Waals surface area contributed by atoms with Gasteiger partial charge in [-0.1, -0.05) is 32.8 Å². The maximum absolute atomic E-state index is 4.89. The second-order valence-corrected chi connectivity index (χ2v) is 6.12. The zero-order valence-corrected chi connectivity index (χ0v) is 16.9. The van der Waals surface area contributed by atoms with Crippen LogP contribution in [0.2, 0.25) is 0 Å². The number of nitrogens with one attached hydrogen (secondary N) is 2. The molecule has 142 valence electrons. The first-order chi connectivity index (χ1) is 11.8. The van der Waals surface area contributed by atoms with Crippen molar-refractivity contribution in [1.29, 1.82) is 0 Å². The van der Waals surface area contributed by atoms with Gasteiger partial charge in [0.2, 0.25) is 0 Å². The van der Waals surface area contributed by atoms with Crippen LogP contribution in [0.1, 0.15) is 39.5 Å². The van der Waals surface area contributed by atoms with E-state index in [9.17, 15) is 0 Å². The van der Waals surface area contributed by atoms with Crippen LogP contribution in [0.15, 0.2) is 43.0 Å². The van der Waals surface area contributed by atoms with E-state index in [0.29, 0.717) is 0 Å². The number of H-pyrrole nitrogens is 2. The van der Waals surface area contributed by atoms with Gasteiger partial charge in [-0.3, -0.25) is 0 Å². The lowest BCUT2D eigenvalue weighted by atomic mass is 10.2. The van der Waals surface area contributed by atoms with Gasteiger partial charge in [-0.2, -0.15) is 0 Å². The Kier molecular flexibility index (Phi) is 9.38. The molecule has 0 aliphatic heterocycles. The average Bonchev–Trinajstić information content (AvgIpc) is 3.27. The monoisotopic (exact) mass is 395 g/mol. The Balaban J connectivity index is 0.00000169. The number of aromatic amines is 2. The molecule has 0 saturated heterocycles. The van der Waals surface area contributed by atoms with E-state index in [1.54, 1.807) is 0 Å². The average molecular weight is 396 g/mol. The molecule has 0 radical (unpaired) electrons. The van der Waals surface area contributed by atoms with Crippen molar-refractivity contribution < 1.29 is 33.9 Å². The molecule has 7 heteroatoms. The number of hydrogen-bond acceptors (Lipinski definition) is 1. The lowest BCUT2D eigenvalue weighted by Crippen LogP contribution is -3.00. The first-order valence-corrected chi connectivity index (χ1v) is 8.95. The summed E-state index contributed by atoms with van der Waals surface area (Å²) in [4.78, 5) is 11.6. The van der Waals surface area contributed by atoms with Gasteiger partial charge in [-0.05, 0) is 25.0 Å². The number of halogens is 2. The molecule has 3 aromatic rings. The molecule has 3 rings (SSSR count). The van der Waals surface area contributed by atoms with Crippen LogP contribution in [-0.2, 0) is 13.1 Å². The predicted octanol–water partition coefficient (Wildman–Crippen LogP) is -2.74. The van der Waals surface area contributed by atoms with Gasteiger partial charge in [-0.25, -0.2) is 24.1 Å². The standard InChI is InChI=1S/C19H25N5.2ClH/c1-3-5-12-23-14-10-20-18(23)16-8-7-9-17(22-16)19-21-11-15-24(19)13-6-4-2;;/h7-11,14-15H,3-6,12-13H2,1-2H3;2*1H. The number of aryl methyl sites for hydroxylation is 2. The van der Waals surface area contributed by atoms with E-state index in [-0.39, 0.29) is 24.8 Å². The van der Waals surface area contributed by atoms with Gasteiger partial charge in [0.1, 0.15) is 24.8 Å². The second-order valence-electron chi connectivity index (χ2n) is 6.12. The Morgan fingerprint density at radius 1 is 0.808 bits per heavy atom. The molecule has 0 atom stereocenters. The number of unbranched alkanes of at least 4 members (excludes halogenated alkanes) is 2. The minimum absolute atomic E-state index is 0. The van der Waals surface area contributed by atoms with E-state index >= 15 is 0 Å². The van der Waals surface area contributed by atoms with Crippen molar-refractivity contribution in [3.63, 3.8) is 0 Å². The van der Waals surface area contributed by atoms with Crippen LogP contribution in [-0.4, -0.2) is 15.0 Å². The van der Waals surface area contributed by atoms with Crippen molar-refractivity contribution in [3.8, 4) is 23.0 Å². The Labute approximate surface area is 167 Å². The van der Waals surface area contributed by atoms with E-state index in [1.165, 1.54) is 25.7 Å². The van der Waals surface area contributed by atoms with Gasteiger partial charge in [-0.15, -0.1) is 0 Å². The molecular formula is C19H27Cl2N5. The second kappa shape index (κ2) is 11.0. The molecule has 0 amide bonds. The van der Waals surface area contributed by atoms with Gasteiger partial charge >= 0.3 is 11.6 Å². The molecule has 0 aliphatic carbocycles. The van der Waals surface area contributed by atoms with E-state index in [1.807, 2.05) is 12.4 Å². The fourth-order valence-electron chi connectivity index (χ4n) is 2.90. The van der Waals surface area contributed by atoms with Crippen molar-refractivity contribution in [1.82, 2.24) is 15.0 Å². The quantitative estimate of drug-likeness (QED) is 0.399. The molecular weight excluding hydrogens is 369 g/mol. The van der Waals surface area contributed by atoms with Crippen LogP contribution in [0, 0.1) is 0 Å². The zero-order valence-electron chi connectivity index (χ0n) is 15.4. The summed E-state index contributed by atoms with van der Waals surface area (Å²) in [6.07, 6.45) is 12.9. The normalized spacial score (nSPS) is 10.2. The first kappa shape index (κ1) is 22.2. The maximum Gasteiger partial charge on any atom is 0.305 e. The van der Waals surface area contributed by atoms with Crippen LogP contribution in [0.25, 0.3) is 23.0 Å². The van der Waals surface area contributed by atoms with Crippen LogP contribution in [0.4, 0.5) is 0 Å². The van der Waals surface area contributed by atoms with Crippen LogP contribution < -0.4 is 33.9 Å². The molecule has 3 heterocycles. The first-order valence-electron chi connectivity index (χ1n) is 8.95. The summed E-state index contributed by atoms with van der Waals surface area (Å²) < 4.78 is 4.49. The van der Waals surface area contributed by atoms with Crippen LogP contribution in [0.5, 0.6) is 0 Å². The highest BCUT2D eigenvalue weighted by Gasteiger charge is 2.19. The number of pyridine rings is 1. The van der Waals surface area contributed by atoms with Crippen molar-refractivity contribution >= 4 is 0 Å². The Hall–Kier alpha value is -1.85. The Bertz CT molecular complexity index is 720. The van der Waals surface area contributed by atoms with Gasteiger partial charge in [0.25, 0.3) is 0 Å². The van der Waals surface area contributed by atoms with E-state index in [4.69, 9.17) is 4.98 Å². The van der Waals surface area contributed by atoms with E-state index in [0.717, 1.165) is 36.1 Å². The molecule has 0 unspecified atom stereocenters. The van der Waals surface area contributed by atoms with E-state index in [2.05, 4.69) is 63.5 Å². The van der Waals surface area contributed by atoms with Gasteiger partial charge in [0, 0.05) is 0 Å². The maximum atomic E-state index is 4.89. The number of nitrogens with zero attached hydrogens (tertiary/aromatic N) is 3. The van der Waals surface area contributed by atoms with Gasteiger partial charge in [0.15, 0.2) is 11.4 Å². The van der Waals surface area contributed by atoms with Crippen LogP contribution >= 0.6 is 0 Å². The lowest BCUT2D eigenvalue weighted by Gasteiger charge is -2.02. The van der Waals surface area contributed by atoms with Gasteiger partial charge in [0.05, 0.1) is 13.1 Å². The van der Waals surface area contributed by atoms with Crippen molar-refractivity contribution in [2.45, 2.75) is 52.6 Å². The number of imidazole rings is 2. The smallest absolute Gasteiger partial charge is 0.305 e.